The number of nitrogens with one attached hydrogen (secondary N) is 2. The molecule has 0 aromatic heterocycles. The first-order valence-corrected chi connectivity index (χ1v) is 9.59. The first-order chi connectivity index (χ1) is 12.3. The van der Waals surface area contributed by atoms with Gasteiger partial charge in [-0.05, 0) is 38.2 Å². The summed E-state index contributed by atoms with van der Waals surface area (Å²) in [4.78, 5) is 4.81. The molecule has 0 radical (unpaired) electrons. The highest BCUT2D eigenvalue weighted by Crippen LogP contribution is 2.48. The average molecular weight is 473 g/mol. The Morgan fingerprint density at radius 1 is 1.27 bits per heavy atom. The summed E-state index contributed by atoms with van der Waals surface area (Å²) in [5.74, 6) is 0.880. The fourth-order valence-electron chi connectivity index (χ4n) is 3.28. The smallest absolute Gasteiger partial charge is 0.191 e. The summed E-state index contributed by atoms with van der Waals surface area (Å²) >= 11 is 0. The van der Waals surface area contributed by atoms with E-state index in [-0.39, 0.29) is 29.4 Å². The van der Waals surface area contributed by atoms with Crippen LogP contribution in [0.15, 0.2) is 35.3 Å². The van der Waals surface area contributed by atoms with E-state index in [0.29, 0.717) is 19.3 Å². The van der Waals surface area contributed by atoms with Crippen LogP contribution in [0.4, 0.5) is 0 Å². The highest BCUT2D eigenvalue weighted by molar-refractivity contribution is 14.0. The van der Waals surface area contributed by atoms with E-state index < -0.39 is 0 Å². The molecule has 1 saturated carbocycles. The van der Waals surface area contributed by atoms with Crippen LogP contribution < -0.4 is 10.6 Å². The average Bonchev–Trinajstić information content (AvgIpc) is 3.27. The summed E-state index contributed by atoms with van der Waals surface area (Å²) in [6, 6.07) is 10.8. The monoisotopic (exact) mass is 473 g/mol. The van der Waals surface area contributed by atoms with Crippen molar-refractivity contribution in [3.8, 4) is 0 Å². The third kappa shape index (κ3) is 6.39. The molecular formula is C20H32IN3O2. The molecule has 1 unspecified atom stereocenters. The van der Waals surface area contributed by atoms with Gasteiger partial charge < -0.3 is 20.1 Å². The van der Waals surface area contributed by atoms with E-state index in [0.717, 1.165) is 45.0 Å². The number of guanidine groups is 1. The van der Waals surface area contributed by atoms with Crippen LogP contribution in [0.3, 0.4) is 0 Å². The minimum atomic E-state index is 0. The molecule has 6 heteroatoms. The van der Waals surface area contributed by atoms with Gasteiger partial charge in [0, 0.05) is 25.1 Å². The second kappa shape index (κ2) is 11.1. The second-order valence-corrected chi connectivity index (χ2v) is 6.98. The van der Waals surface area contributed by atoms with Crippen LogP contribution in [0, 0.1) is 0 Å². The van der Waals surface area contributed by atoms with E-state index in [9.17, 15) is 0 Å². The van der Waals surface area contributed by atoms with Gasteiger partial charge in [-0.1, -0.05) is 30.3 Å². The molecular weight excluding hydrogens is 441 g/mol. The number of ether oxygens (including phenoxy) is 2. The summed E-state index contributed by atoms with van der Waals surface area (Å²) in [5.41, 5.74) is 1.66. The number of halogens is 1. The molecule has 146 valence electrons. The van der Waals surface area contributed by atoms with E-state index in [4.69, 9.17) is 14.5 Å². The predicted molar refractivity (Wildman–Crippen MR) is 117 cm³/mol. The lowest BCUT2D eigenvalue weighted by Gasteiger charge is -2.16. The van der Waals surface area contributed by atoms with Crippen molar-refractivity contribution >= 4 is 29.9 Å². The normalized spacial score (nSPS) is 21.1. The zero-order chi connectivity index (χ0) is 17.4. The molecule has 1 aromatic carbocycles. The van der Waals surface area contributed by atoms with Gasteiger partial charge in [0.15, 0.2) is 5.96 Å². The van der Waals surface area contributed by atoms with Crippen LogP contribution in [-0.4, -0.2) is 51.5 Å². The molecule has 0 bridgehead atoms. The fraction of sp³-hybridized carbons (Fsp3) is 0.650. The lowest BCUT2D eigenvalue weighted by molar-refractivity contribution is 0.0191. The Kier molecular flexibility index (Phi) is 9.15. The lowest BCUT2D eigenvalue weighted by Crippen LogP contribution is -2.39. The second-order valence-electron chi connectivity index (χ2n) is 6.98. The minimum Gasteiger partial charge on any atom is -0.377 e. The van der Waals surface area contributed by atoms with Crippen molar-refractivity contribution in [2.45, 2.75) is 44.1 Å². The third-order valence-corrected chi connectivity index (χ3v) is 4.99. The molecule has 1 atom stereocenters. The van der Waals surface area contributed by atoms with Gasteiger partial charge in [0.1, 0.15) is 0 Å². The molecule has 1 aliphatic heterocycles. The molecule has 1 aromatic rings. The largest absolute Gasteiger partial charge is 0.377 e. The summed E-state index contributed by atoms with van der Waals surface area (Å²) in [6.45, 7) is 6.81. The molecule has 1 saturated heterocycles. The SMILES string of the molecule is CCNC(=NCC1(c2ccccc2)CC1)NCCOCC1CCCO1.I. The van der Waals surface area contributed by atoms with Gasteiger partial charge >= 0.3 is 0 Å². The van der Waals surface area contributed by atoms with Gasteiger partial charge in [0.2, 0.25) is 0 Å². The molecule has 1 heterocycles. The summed E-state index contributed by atoms with van der Waals surface area (Å²) in [5, 5.41) is 6.70. The lowest BCUT2D eigenvalue weighted by atomic mass is 9.96. The Labute approximate surface area is 174 Å². The Morgan fingerprint density at radius 3 is 2.73 bits per heavy atom. The van der Waals surface area contributed by atoms with Crippen LogP contribution in [-0.2, 0) is 14.9 Å². The molecule has 2 N–H and O–H groups in total. The molecule has 3 rings (SSSR count). The molecule has 26 heavy (non-hydrogen) atoms. The van der Waals surface area contributed by atoms with Crippen molar-refractivity contribution in [2.75, 3.05) is 39.5 Å². The van der Waals surface area contributed by atoms with Gasteiger partial charge in [-0.15, -0.1) is 24.0 Å². The number of benzene rings is 1. The third-order valence-electron chi connectivity index (χ3n) is 4.99. The number of nitrogens with zero attached hydrogens (tertiary/aromatic N) is 1. The van der Waals surface area contributed by atoms with Crippen LogP contribution in [0.1, 0.15) is 38.2 Å². The first-order valence-electron chi connectivity index (χ1n) is 9.59. The minimum absolute atomic E-state index is 0. The predicted octanol–water partition coefficient (Wildman–Crippen LogP) is 3.09. The molecule has 1 aliphatic carbocycles. The van der Waals surface area contributed by atoms with Gasteiger partial charge in [0.05, 0.1) is 25.9 Å². The van der Waals surface area contributed by atoms with Crippen LogP contribution >= 0.6 is 24.0 Å². The van der Waals surface area contributed by atoms with E-state index >= 15 is 0 Å². The molecule has 0 spiro atoms. The van der Waals surface area contributed by atoms with Crippen molar-refractivity contribution in [3.05, 3.63) is 35.9 Å². The van der Waals surface area contributed by atoms with Crippen molar-refractivity contribution < 1.29 is 9.47 Å². The van der Waals surface area contributed by atoms with Gasteiger partial charge in [-0.3, -0.25) is 4.99 Å². The van der Waals surface area contributed by atoms with E-state index in [1.54, 1.807) is 0 Å². The van der Waals surface area contributed by atoms with E-state index in [1.165, 1.54) is 18.4 Å². The summed E-state index contributed by atoms with van der Waals surface area (Å²) in [7, 11) is 0. The zero-order valence-corrected chi connectivity index (χ0v) is 18.0. The van der Waals surface area contributed by atoms with Gasteiger partial charge in [-0.2, -0.15) is 0 Å². The van der Waals surface area contributed by atoms with Gasteiger partial charge in [0.25, 0.3) is 0 Å². The Bertz CT molecular complexity index is 543. The Balaban J connectivity index is 0.00000243. The number of hydrogen-bond donors (Lipinski definition) is 2. The first kappa shape index (κ1) is 21.4. The molecule has 0 amide bonds. The number of hydrogen-bond acceptors (Lipinski definition) is 3. The van der Waals surface area contributed by atoms with Crippen LogP contribution in [0.5, 0.6) is 0 Å². The molecule has 5 nitrogen and oxygen atoms in total. The van der Waals surface area contributed by atoms with Crippen molar-refractivity contribution in [3.63, 3.8) is 0 Å². The number of aliphatic imine (C=N–C) groups is 1. The molecule has 2 fully saturated rings. The Morgan fingerprint density at radius 2 is 2.08 bits per heavy atom. The Hall–Kier alpha value is -0.860. The molecule has 2 aliphatic rings. The van der Waals surface area contributed by atoms with E-state index in [1.807, 2.05) is 0 Å². The summed E-state index contributed by atoms with van der Waals surface area (Å²) in [6.07, 6.45) is 5.03. The van der Waals surface area contributed by atoms with Crippen LogP contribution in [0.2, 0.25) is 0 Å². The zero-order valence-electron chi connectivity index (χ0n) is 15.7. The van der Waals surface area contributed by atoms with Crippen molar-refractivity contribution in [1.29, 1.82) is 0 Å². The quantitative estimate of drug-likeness (QED) is 0.251. The fourth-order valence-corrected chi connectivity index (χ4v) is 3.28. The van der Waals surface area contributed by atoms with E-state index in [2.05, 4.69) is 47.9 Å². The van der Waals surface area contributed by atoms with Crippen LogP contribution in [0.25, 0.3) is 0 Å². The maximum Gasteiger partial charge on any atom is 0.191 e. The highest BCUT2D eigenvalue weighted by atomic mass is 127. The maximum absolute atomic E-state index is 5.70. The topological polar surface area (TPSA) is 54.9 Å². The maximum atomic E-state index is 5.70. The van der Waals surface area contributed by atoms with Gasteiger partial charge in [-0.25, -0.2) is 0 Å². The highest BCUT2D eigenvalue weighted by Gasteiger charge is 2.43. The summed E-state index contributed by atoms with van der Waals surface area (Å²) < 4.78 is 11.3. The number of rotatable bonds is 9. The van der Waals surface area contributed by atoms with Crippen molar-refractivity contribution in [2.24, 2.45) is 4.99 Å². The standard InChI is InChI=1S/C20H31N3O2.HI/c1-2-21-19(22-12-14-24-15-18-9-6-13-25-18)23-16-20(10-11-20)17-7-4-3-5-8-17;/h3-5,7-8,18H,2,6,9-16H2,1H3,(H2,21,22,23);1H. The van der Waals surface area contributed by atoms with Crippen molar-refractivity contribution in [1.82, 2.24) is 10.6 Å².